The number of allylic oxidation sites excluding steroid dienone is 1. The summed E-state index contributed by atoms with van der Waals surface area (Å²) in [5.74, 6) is -0.879. The third-order valence-corrected chi connectivity index (χ3v) is 7.77. The SMILES string of the molecule is CCOC(=O)C1=C(C)C=c2oc(=Cc3c(C)[nH]c4ccccc34)c(O)c2C1c1c(CC)ccc2ccccc12. The van der Waals surface area contributed by atoms with Crippen LogP contribution < -0.4 is 10.8 Å². The fourth-order valence-corrected chi connectivity index (χ4v) is 5.98. The number of para-hydroxylation sites is 1. The number of furan rings is 1. The maximum Gasteiger partial charge on any atom is 0.335 e. The van der Waals surface area contributed by atoms with Gasteiger partial charge in [-0.1, -0.05) is 61.5 Å². The van der Waals surface area contributed by atoms with Gasteiger partial charge in [0, 0.05) is 28.1 Å². The minimum Gasteiger partial charge on any atom is -0.504 e. The highest BCUT2D eigenvalue weighted by Crippen LogP contribution is 2.43. The van der Waals surface area contributed by atoms with E-state index in [9.17, 15) is 9.90 Å². The number of H-pyrrole nitrogens is 1. The number of aromatic amines is 1. The molecule has 5 aromatic rings. The van der Waals surface area contributed by atoms with Gasteiger partial charge in [-0.15, -0.1) is 0 Å². The first kappa shape index (κ1) is 24.8. The van der Waals surface area contributed by atoms with Gasteiger partial charge >= 0.3 is 5.97 Å². The first-order valence-corrected chi connectivity index (χ1v) is 13.4. The van der Waals surface area contributed by atoms with E-state index >= 15 is 0 Å². The Hall–Kier alpha value is -4.51. The van der Waals surface area contributed by atoms with Crippen molar-refractivity contribution < 1.29 is 19.1 Å². The summed E-state index contributed by atoms with van der Waals surface area (Å²) < 4.78 is 11.9. The molecule has 5 heteroatoms. The number of fused-ring (bicyclic) bond motifs is 3. The normalized spacial score (nSPS) is 15.6. The van der Waals surface area contributed by atoms with Crippen molar-refractivity contribution >= 4 is 39.8 Å². The van der Waals surface area contributed by atoms with Gasteiger partial charge in [-0.25, -0.2) is 4.79 Å². The average molecular weight is 518 g/mol. The second kappa shape index (κ2) is 9.66. The first-order valence-electron chi connectivity index (χ1n) is 13.4. The van der Waals surface area contributed by atoms with Crippen molar-refractivity contribution in [3.63, 3.8) is 0 Å². The largest absolute Gasteiger partial charge is 0.504 e. The maximum absolute atomic E-state index is 13.5. The number of hydrogen-bond donors (Lipinski definition) is 2. The molecule has 0 fully saturated rings. The third kappa shape index (κ3) is 3.97. The lowest BCUT2D eigenvalue weighted by Crippen LogP contribution is -2.25. The van der Waals surface area contributed by atoms with Crippen molar-refractivity contribution in [2.75, 3.05) is 6.61 Å². The maximum atomic E-state index is 13.5. The van der Waals surface area contributed by atoms with Crippen LogP contribution in [0, 0.1) is 6.92 Å². The molecule has 3 aromatic carbocycles. The van der Waals surface area contributed by atoms with Gasteiger partial charge in [0.05, 0.1) is 17.7 Å². The Bertz CT molecular complexity index is 1920. The van der Waals surface area contributed by atoms with Crippen LogP contribution in [-0.4, -0.2) is 22.7 Å². The molecule has 0 saturated heterocycles. The van der Waals surface area contributed by atoms with Gasteiger partial charge in [0.2, 0.25) is 0 Å². The van der Waals surface area contributed by atoms with Crippen LogP contribution in [0.5, 0.6) is 5.75 Å². The predicted molar refractivity (Wildman–Crippen MR) is 155 cm³/mol. The van der Waals surface area contributed by atoms with Crippen molar-refractivity contribution in [1.29, 1.82) is 0 Å². The molecular weight excluding hydrogens is 486 g/mol. The highest BCUT2D eigenvalue weighted by Gasteiger charge is 2.36. The Morgan fingerprint density at radius 1 is 1.00 bits per heavy atom. The number of esters is 1. The molecule has 1 unspecified atom stereocenters. The molecule has 1 atom stereocenters. The van der Waals surface area contributed by atoms with E-state index in [4.69, 9.17) is 9.15 Å². The molecule has 0 spiro atoms. The fourth-order valence-electron chi connectivity index (χ4n) is 5.98. The van der Waals surface area contributed by atoms with Crippen LogP contribution in [0.3, 0.4) is 0 Å². The Morgan fingerprint density at radius 2 is 1.74 bits per heavy atom. The summed E-state index contributed by atoms with van der Waals surface area (Å²) in [7, 11) is 0. The molecule has 1 aliphatic rings. The van der Waals surface area contributed by atoms with Gasteiger partial charge in [0.1, 0.15) is 5.42 Å². The van der Waals surface area contributed by atoms with E-state index in [-0.39, 0.29) is 18.3 Å². The van der Waals surface area contributed by atoms with Crippen LogP contribution in [-0.2, 0) is 16.0 Å². The Labute approximate surface area is 226 Å². The van der Waals surface area contributed by atoms with Gasteiger partial charge < -0.3 is 19.2 Å². The minimum atomic E-state index is -0.542. The minimum absolute atomic E-state index is 0.0419. The van der Waals surface area contributed by atoms with Crippen LogP contribution in [0.25, 0.3) is 33.8 Å². The van der Waals surface area contributed by atoms with Crippen molar-refractivity contribution in [2.24, 2.45) is 0 Å². The average Bonchev–Trinajstić information content (AvgIpc) is 3.42. The Morgan fingerprint density at radius 3 is 2.51 bits per heavy atom. The summed E-state index contributed by atoms with van der Waals surface area (Å²) in [4.78, 5) is 16.9. The zero-order chi connectivity index (χ0) is 27.3. The quantitative estimate of drug-likeness (QED) is 0.275. The number of benzene rings is 3. The number of ether oxygens (including phenoxy) is 1. The Kier molecular flexibility index (Phi) is 6.15. The van der Waals surface area contributed by atoms with E-state index in [1.54, 1.807) is 0 Å². The number of carbonyl (C=O) groups excluding carboxylic acids is 1. The fraction of sp³-hybridized carbons (Fsp3) is 0.206. The monoisotopic (exact) mass is 517 g/mol. The summed E-state index contributed by atoms with van der Waals surface area (Å²) in [6.45, 7) is 8.10. The lowest BCUT2D eigenvalue weighted by Gasteiger charge is -2.27. The topological polar surface area (TPSA) is 75.5 Å². The first-order chi connectivity index (χ1) is 18.9. The zero-order valence-corrected chi connectivity index (χ0v) is 22.6. The van der Waals surface area contributed by atoms with E-state index in [0.29, 0.717) is 22.0 Å². The number of carbonyl (C=O) groups is 1. The van der Waals surface area contributed by atoms with E-state index in [0.717, 1.165) is 56.1 Å². The van der Waals surface area contributed by atoms with Crippen molar-refractivity contribution in [3.05, 3.63) is 111 Å². The number of aromatic hydroxyl groups is 1. The molecule has 39 heavy (non-hydrogen) atoms. The van der Waals surface area contributed by atoms with E-state index < -0.39 is 5.92 Å². The molecule has 1 aliphatic carbocycles. The van der Waals surface area contributed by atoms with Crippen LogP contribution >= 0.6 is 0 Å². The molecule has 196 valence electrons. The predicted octanol–water partition coefficient (Wildman–Crippen LogP) is 6.12. The standard InChI is InChI=1S/C34H31NO4/c1-5-21-15-16-22-11-7-8-12-23(22)30(21)32-29(34(37)38-6-2)19(3)17-27-31(32)33(36)28(39-27)18-25-20(4)35-26-14-10-9-13-24(25)26/h7-18,32,35-36H,5-6H2,1-4H3. The molecule has 0 saturated carbocycles. The highest BCUT2D eigenvalue weighted by molar-refractivity contribution is 5.98. The molecular formula is C34H31NO4. The number of hydrogen-bond acceptors (Lipinski definition) is 4. The van der Waals surface area contributed by atoms with Crippen LogP contribution in [0.15, 0.2) is 76.2 Å². The lowest BCUT2D eigenvalue weighted by atomic mass is 9.76. The summed E-state index contributed by atoms with van der Waals surface area (Å²) >= 11 is 0. The molecule has 2 aromatic heterocycles. The lowest BCUT2D eigenvalue weighted by molar-refractivity contribution is -0.138. The highest BCUT2D eigenvalue weighted by atomic mass is 16.5. The summed E-state index contributed by atoms with van der Waals surface area (Å²) in [5.41, 5.74) is 7.88. The smallest absolute Gasteiger partial charge is 0.335 e. The Balaban J connectivity index is 1.67. The van der Waals surface area contributed by atoms with E-state index in [1.165, 1.54) is 0 Å². The number of nitrogens with one attached hydrogen (secondary N) is 1. The van der Waals surface area contributed by atoms with Crippen LogP contribution in [0.2, 0.25) is 0 Å². The van der Waals surface area contributed by atoms with Crippen LogP contribution in [0.1, 0.15) is 54.6 Å². The number of aromatic nitrogens is 1. The van der Waals surface area contributed by atoms with Gasteiger partial charge in [-0.3, -0.25) is 0 Å². The van der Waals surface area contributed by atoms with Gasteiger partial charge in [0.15, 0.2) is 11.2 Å². The zero-order valence-electron chi connectivity index (χ0n) is 22.6. The summed E-state index contributed by atoms with van der Waals surface area (Å²) in [5, 5.41) is 15.0. The molecule has 0 bridgehead atoms. The number of rotatable bonds is 5. The molecule has 2 N–H and O–H groups in total. The van der Waals surface area contributed by atoms with Gasteiger partial charge in [-0.2, -0.15) is 0 Å². The molecule has 6 rings (SSSR count). The molecule has 0 radical (unpaired) electrons. The van der Waals surface area contributed by atoms with Gasteiger partial charge in [-0.05, 0) is 72.9 Å². The van der Waals surface area contributed by atoms with Gasteiger partial charge in [0.25, 0.3) is 0 Å². The van der Waals surface area contributed by atoms with Crippen molar-refractivity contribution in [2.45, 2.75) is 40.0 Å². The molecule has 5 nitrogen and oxygen atoms in total. The summed E-state index contributed by atoms with van der Waals surface area (Å²) in [6.07, 6.45) is 4.50. The number of aryl methyl sites for hydroxylation is 2. The summed E-state index contributed by atoms with van der Waals surface area (Å²) in [6, 6.07) is 20.5. The second-order valence-electron chi connectivity index (χ2n) is 10.1. The second-order valence-corrected chi connectivity index (χ2v) is 10.1. The van der Waals surface area contributed by atoms with Crippen molar-refractivity contribution in [1.82, 2.24) is 4.98 Å². The molecule has 0 amide bonds. The van der Waals surface area contributed by atoms with E-state index in [2.05, 4.69) is 36.2 Å². The third-order valence-electron chi connectivity index (χ3n) is 7.77. The van der Waals surface area contributed by atoms with Crippen LogP contribution in [0.4, 0.5) is 0 Å². The molecule has 2 heterocycles. The van der Waals surface area contributed by atoms with Crippen molar-refractivity contribution in [3.8, 4) is 5.75 Å². The molecule has 0 aliphatic heterocycles. The van der Waals surface area contributed by atoms with E-state index in [1.807, 2.05) is 69.3 Å².